The topological polar surface area (TPSA) is 82.1 Å². The van der Waals surface area contributed by atoms with E-state index in [1.807, 2.05) is 0 Å². The van der Waals surface area contributed by atoms with Crippen LogP contribution in [0, 0.1) is 0 Å². The van der Waals surface area contributed by atoms with Gasteiger partial charge < -0.3 is 9.67 Å². The van der Waals surface area contributed by atoms with Gasteiger partial charge in [-0.1, -0.05) is 0 Å². The van der Waals surface area contributed by atoms with E-state index in [4.69, 9.17) is 0 Å². The Kier molecular flexibility index (Phi) is 2.66. The minimum atomic E-state index is -1.14. The second-order valence-electron chi connectivity index (χ2n) is 5.07. The van der Waals surface area contributed by atoms with E-state index in [-0.39, 0.29) is 6.54 Å². The summed E-state index contributed by atoms with van der Waals surface area (Å²) in [6, 6.07) is 0. The van der Waals surface area contributed by atoms with Gasteiger partial charge in [0.25, 0.3) is 5.56 Å². The molecule has 7 heteroatoms. The molecule has 0 atom stereocenters. The predicted molar refractivity (Wildman–Crippen MR) is 66.5 cm³/mol. The van der Waals surface area contributed by atoms with Gasteiger partial charge >= 0.3 is 5.69 Å². The molecule has 0 aliphatic carbocycles. The van der Waals surface area contributed by atoms with Gasteiger partial charge in [-0.3, -0.25) is 13.9 Å². The standard InChI is InChI=1S/C11H16N4O3/c1-11(2,18)5-15-9(16)7-8(12-6-13(7)3)14(4)10(15)17/h6,18H,5H2,1-4H3. The number of imidazole rings is 1. The van der Waals surface area contributed by atoms with Crippen LogP contribution < -0.4 is 11.2 Å². The molecule has 7 nitrogen and oxygen atoms in total. The van der Waals surface area contributed by atoms with Crippen LogP contribution in [0.2, 0.25) is 0 Å². The van der Waals surface area contributed by atoms with E-state index in [9.17, 15) is 14.7 Å². The van der Waals surface area contributed by atoms with Crippen molar-refractivity contribution in [2.24, 2.45) is 14.1 Å². The molecular formula is C11H16N4O3. The van der Waals surface area contributed by atoms with Gasteiger partial charge in [-0.05, 0) is 13.8 Å². The molecule has 0 fully saturated rings. The van der Waals surface area contributed by atoms with Gasteiger partial charge in [-0.2, -0.15) is 0 Å². The Morgan fingerprint density at radius 2 is 1.94 bits per heavy atom. The summed E-state index contributed by atoms with van der Waals surface area (Å²) >= 11 is 0. The van der Waals surface area contributed by atoms with Gasteiger partial charge in [-0.15, -0.1) is 0 Å². The summed E-state index contributed by atoms with van der Waals surface area (Å²) in [5, 5.41) is 9.77. The summed E-state index contributed by atoms with van der Waals surface area (Å²) in [6.45, 7) is 3.04. The predicted octanol–water partition coefficient (Wildman–Crippen LogP) is -0.795. The van der Waals surface area contributed by atoms with Crippen molar-refractivity contribution in [2.75, 3.05) is 0 Å². The van der Waals surface area contributed by atoms with Crippen LogP contribution >= 0.6 is 0 Å². The third-order valence-corrected chi connectivity index (χ3v) is 2.75. The lowest BCUT2D eigenvalue weighted by atomic mass is 10.1. The second kappa shape index (κ2) is 3.81. The average Bonchev–Trinajstić information content (AvgIpc) is 2.62. The highest BCUT2D eigenvalue weighted by molar-refractivity contribution is 5.69. The Labute approximate surface area is 103 Å². The summed E-state index contributed by atoms with van der Waals surface area (Å²) in [7, 11) is 3.24. The van der Waals surface area contributed by atoms with E-state index in [0.717, 1.165) is 4.57 Å². The number of aliphatic hydroxyl groups is 1. The third kappa shape index (κ3) is 1.86. The van der Waals surface area contributed by atoms with Crippen LogP contribution in [0.25, 0.3) is 11.2 Å². The fourth-order valence-electron chi connectivity index (χ4n) is 1.92. The fraction of sp³-hybridized carbons (Fsp3) is 0.545. The molecule has 1 N–H and O–H groups in total. The first-order valence-electron chi connectivity index (χ1n) is 5.55. The molecule has 2 heterocycles. The van der Waals surface area contributed by atoms with Crippen molar-refractivity contribution in [2.45, 2.75) is 26.0 Å². The zero-order valence-corrected chi connectivity index (χ0v) is 10.8. The van der Waals surface area contributed by atoms with Gasteiger partial charge in [0.15, 0.2) is 11.2 Å². The zero-order chi connectivity index (χ0) is 13.7. The van der Waals surface area contributed by atoms with Crippen LogP contribution in [0.15, 0.2) is 15.9 Å². The lowest BCUT2D eigenvalue weighted by Crippen LogP contribution is -2.44. The highest BCUT2D eigenvalue weighted by atomic mass is 16.3. The van der Waals surface area contributed by atoms with E-state index in [2.05, 4.69) is 4.98 Å². The fourth-order valence-corrected chi connectivity index (χ4v) is 1.92. The molecule has 2 aromatic rings. The maximum absolute atomic E-state index is 12.2. The SMILES string of the molecule is Cn1cnc2c1c(=O)n(CC(C)(C)O)c(=O)n2C. The van der Waals surface area contributed by atoms with Crippen molar-refractivity contribution < 1.29 is 5.11 Å². The van der Waals surface area contributed by atoms with Crippen molar-refractivity contribution in [3.05, 3.63) is 27.2 Å². The summed E-state index contributed by atoms with van der Waals surface area (Å²) in [6.07, 6.45) is 1.49. The van der Waals surface area contributed by atoms with E-state index in [0.29, 0.717) is 11.2 Å². The molecule has 2 rings (SSSR count). The van der Waals surface area contributed by atoms with Gasteiger partial charge in [0, 0.05) is 14.1 Å². The van der Waals surface area contributed by atoms with Crippen LogP contribution in [-0.4, -0.2) is 29.4 Å². The molecule has 0 aromatic carbocycles. The van der Waals surface area contributed by atoms with Gasteiger partial charge in [-0.25, -0.2) is 9.78 Å². The number of aryl methyl sites for hydroxylation is 2. The van der Waals surface area contributed by atoms with E-state index < -0.39 is 16.9 Å². The Bertz CT molecular complexity index is 715. The first kappa shape index (κ1) is 12.6. The number of aromatic nitrogens is 4. The van der Waals surface area contributed by atoms with Crippen molar-refractivity contribution in [1.82, 2.24) is 18.7 Å². The minimum absolute atomic E-state index is 0.0559. The summed E-state index contributed by atoms with van der Waals surface area (Å²) in [4.78, 5) is 28.3. The Morgan fingerprint density at radius 1 is 1.33 bits per heavy atom. The molecule has 0 saturated carbocycles. The molecule has 0 aliphatic rings. The number of fused-ring (bicyclic) bond motifs is 1. The molecule has 2 aromatic heterocycles. The maximum atomic E-state index is 12.2. The number of nitrogens with zero attached hydrogens (tertiary/aromatic N) is 4. The molecule has 0 radical (unpaired) electrons. The maximum Gasteiger partial charge on any atom is 0.332 e. The molecule has 98 valence electrons. The number of hydrogen-bond acceptors (Lipinski definition) is 4. The smallest absolute Gasteiger partial charge is 0.332 e. The number of hydrogen-bond donors (Lipinski definition) is 1. The minimum Gasteiger partial charge on any atom is -0.389 e. The van der Waals surface area contributed by atoms with Gasteiger partial charge in [0.05, 0.1) is 18.5 Å². The second-order valence-corrected chi connectivity index (χ2v) is 5.07. The van der Waals surface area contributed by atoms with Crippen LogP contribution in [0.3, 0.4) is 0 Å². The first-order chi connectivity index (χ1) is 8.22. The molecule has 0 unspecified atom stereocenters. The van der Waals surface area contributed by atoms with Crippen molar-refractivity contribution in [3.8, 4) is 0 Å². The summed E-state index contributed by atoms with van der Waals surface area (Å²) < 4.78 is 3.91. The number of rotatable bonds is 2. The normalized spacial score (nSPS) is 12.3. The molecule has 18 heavy (non-hydrogen) atoms. The Morgan fingerprint density at radius 3 is 2.50 bits per heavy atom. The van der Waals surface area contributed by atoms with Gasteiger partial charge in [0.1, 0.15) is 0 Å². The molecule has 0 aliphatic heterocycles. The zero-order valence-electron chi connectivity index (χ0n) is 10.8. The average molecular weight is 252 g/mol. The van der Waals surface area contributed by atoms with Crippen molar-refractivity contribution in [3.63, 3.8) is 0 Å². The largest absolute Gasteiger partial charge is 0.389 e. The van der Waals surface area contributed by atoms with Crippen LogP contribution in [-0.2, 0) is 20.6 Å². The van der Waals surface area contributed by atoms with Gasteiger partial charge in [0.2, 0.25) is 0 Å². The van der Waals surface area contributed by atoms with E-state index >= 15 is 0 Å². The highest BCUT2D eigenvalue weighted by Crippen LogP contribution is 2.06. The van der Waals surface area contributed by atoms with Crippen LogP contribution in [0.1, 0.15) is 13.8 Å². The molecule has 0 spiro atoms. The molecule has 0 bridgehead atoms. The lowest BCUT2D eigenvalue weighted by molar-refractivity contribution is 0.0588. The monoisotopic (exact) mass is 252 g/mol. The Hall–Kier alpha value is -1.89. The molecule has 0 amide bonds. The van der Waals surface area contributed by atoms with Crippen LogP contribution in [0.4, 0.5) is 0 Å². The summed E-state index contributed by atoms with van der Waals surface area (Å²) in [5.41, 5.74) is -1.35. The molecule has 0 saturated heterocycles. The van der Waals surface area contributed by atoms with Crippen molar-refractivity contribution in [1.29, 1.82) is 0 Å². The lowest BCUT2D eigenvalue weighted by Gasteiger charge is -2.18. The van der Waals surface area contributed by atoms with Crippen molar-refractivity contribution >= 4 is 11.2 Å². The summed E-state index contributed by atoms with van der Waals surface area (Å²) in [5.74, 6) is 0. The van der Waals surface area contributed by atoms with Crippen LogP contribution in [0.5, 0.6) is 0 Å². The van der Waals surface area contributed by atoms with E-state index in [1.165, 1.54) is 10.9 Å². The first-order valence-corrected chi connectivity index (χ1v) is 5.55. The highest BCUT2D eigenvalue weighted by Gasteiger charge is 2.20. The third-order valence-electron chi connectivity index (χ3n) is 2.75. The van der Waals surface area contributed by atoms with E-state index in [1.54, 1.807) is 32.5 Å². The quantitative estimate of drug-likeness (QED) is 0.759. The Balaban J connectivity index is 2.86. The molecular weight excluding hydrogens is 236 g/mol.